The second kappa shape index (κ2) is 5.80. The smallest absolute Gasteiger partial charge is 0.258 e. The normalized spacial score (nSPS) is 9.58. The quantitative estimate of drug-likeness (QED) is 0.708. The number of H-pyrrole nitrogens is 1. The average Bonchev–Trinajstić information content (AvgIpc) is 2.89. The molecule has 0 aliphatic carbocycles. The number of hydrogen-bond acceptors (Lipinski definition) is 3. The number of aliphatic hydroxyl groups is 1. The molecule has 5 nitrogen and oxygen atoms in total. The van der Waals surface area contributed by atoms with Crippen LogP contribution >= 0.6 is 0 Å². The number of benzene rings is 1. The lowest BCUT2D eigenvalue weighted by Gasteiger charge is -2.04. The highest BCUT2D eigenvalue weighted by atomic mass is 19.1. The molecule has 0 fully saturated rings. The molecule has 1 aromatic carbocycles. The summed E-state index contributed by atoms with van der Waals surface area (Å²) in [5.41, 5.74) is 0.760. The van der Waals surface area contributed by atoms with Crippen molar-refractivity contribution in [1.29, 1.82) is 0 Å². The van der Waals surface area contributed by atoms with Gasteiger partial charge in [0.15, 0.2) is 0 Å². The molecule has 0 saturated carbocycles. The molecule has 6 heteroatoms. The summed E-state index contributed by atoms with van der Waals surface area (Å²) >= 11 is 0. The van der Waals surface area contributed by atoms with E-state index in [0.29, 0.717) is 11.3 Å². The summed E-state index contributed by atoms with van der Waals surface area (Å²) < 4.78 is 13.7. The number of amides is 1. The second-order valence-corrected chi connectivity index (χ2v) is 3.60. The predicted molar refractivity (Wildman–Crippen MR) is 66.9 cm³/mol. The van der Waals surface area contributed by atoms with Crippen LogP contribution in [0.3, 0.4) is 0 Å². The standard InChI is InChI=1S/C13H10FN3O2/c14-12-6-9(2-1-5-18)3-4-11(12)13(19)17-10-7-15-16-8-10/h3-4,6-8,18H,5H2,(H,15,16)(H,17,19). The molecule has 2 aromatic rings. The third-order valence-electron chi connectivity index (χ3n) is 2.28. The van der Waals surface area contributed by atoms with E-state index >= 15 is 0 Å². The Bertz CT molecular complexity index is 642. The number of halogens is 1. The van der Waals surface area contributed by atoms with Crippen LogP contribution in [0.25, 0.3) is 0 Å². The Morgan fingerprint density at radius 2 is 2.37 bits per heavy atom. The van der Waals surface area contributed by atoms with Crippen molar-refractivity contribution in [3.05, 3.63) is 47.5 Å². The molecule has 1 amide bonds. The summed E-state index contributed by atoms with van der Waals surface area (Å²) in [6, 6.07) is 4.00. The summed E-state index contributed by atoms with van der Waals surface area (Å²) in [6.07, 6.45) is 2.90. The topological polar surface area (TPSA) is 78.0 Å². The van der Waals surface area contributed by atoms with Crippen molar-refractivity contribution in [1.82, 2.24) is 10.2 Å². The van der Waals surface area contributed by atoms with Gasteiger partial charge >= 0.3 is 0 Å². The first-order valence-electron chi connectivity index (χ1n) is 5.40. The van der Waals surface area contributed by atoms with Gasteiger partial charge < -0.3 is 10.4 Å². The summed E-state index contributed by atoms with van der Waals surface area (Å²) in [7, 11) is 0. The van der Waals surface area contributed by atoms with Crippen LogP contribution in [-0.2, 0) is 0 Å². The van der Waals surface area contributed by atoms with Crippen LogP contribution in [0.4, 0.5) is 10.1 Å². The van der Waals surface area contributed by atoms with Gasteiger partial charge in [0.2, 0.25) is 0 Å². The summed E-state index contributed by atoms with van der Waals surface area (Å²) in [5, 5.41) is 17.2. The average molecular weight is 259 g/mol. The Balaban J connectivity index is 2.18. The van der Waals surface area contributed by atoms with Gasteiger partial charge in [-0.05, 0) is 18.2 Å². The molecule has 1 aromatic heterocycles. The van der Waals surface area contributed by atoms with Gasteiger partial charge in [-0.3, -0.25) is 9.89 Å². The number of aromatic nitrogens is 2. The maximum Gasteiger partial charge on any atom is 0.258 e. The van der Waals surface area contributed by atoms with Crippen molar-refractivity contribution in [2.75, 3.05) is 11.9 Å². The van der Waals surface area contributed by atoms with Gasteiger partial charge in [0.05, 0.1) is 17.4 Å². The molecule has 1 heterocycles. The molecule has 0 aliphatic heterocycles. The maximum atomic E-state index is 13.7. The lowest BCUT2D eigenvalue weighted by atomic mass is 10.1. The molecule has 0 unspecified atom stereocenters. The number of rotatable bonds is 2. The van der Waals surface area contributed by atoms with E-state index in [0.717, 1.165) is 6.07 Å². The number of hydrogen-bond donors (Lipinski definition) is 3. The third-order valence-corrected chi connectivity index (χ3v) is 2.28. The largest absolute Gasteiger partial charge is 0.384 e. The van der Waals surface area contributed by atoms with Gasteiger partial charge in [-0.1, -0.05) is 11.8 Å². The monoisotopic (exact) mass is 259 g/mol. The zero-order valence-electron chi connectivity index (χ0n) is 9.77. The number of nitrogens with zero attached hydrogens (tertiary/aromatic N) is 1. The summed E-state index contributed by atoms with van der Waals surface area (Å²) in [5.74, 6) is 3.72. The first-order valence-corrected chi connectivity index (χ1v) is 5.40. The van der Waals surface area contributed by atoms with E-state index in [9.17, 15) is 9.18 Å². The van der Waals surface area contributed by atoms with E-state index < -0.39 is 11.7 Å². The minimum atomic E-state index is -0.675. The molecule has 0 saturated heterocycles. The Kier molecular flexibility index (Phi) is 3.90. The van der Waals surface area contributed by atoms with Gasteiger partial charge in [0, 0.05) is 11.8 Å². The van der Waals surface area contributed by atoms with Crippen LogP contribution < -0.4 is 5.32 Å². The Morgan fingerprint density at radius 3 is 3.00 bits per heavy atom. The Morgan fingerprint density at radius 1 is 1.53 bits per heavy atom. The van der Waals surface area contributed by atoms with Crippen molar-refractivity contribution >= 4 is 11.6 Å². The first kappa shape index (κ1) is 12.8. The van der Waals surface area contributed by atoms with E-state index in [4.69, 9.17) is 5.11 Å². The number of carbonyl (C=O) groups is 1. The van der Waals surface area contributed by atoms with Gasteiger partial charge in [-0.15, -0.1) is 0 Å². The SMILES string of the molecule is O=C(Nc1cn[nH]c1)c1ccc(C#CCO)cc1F. The fourth-order valence-corrected chi connectivity index (χ4v) is 1.44. The summed E-state index contributed by atoms with van der Waals surface area (Å²) in [6.45, 7) is -0.301. The zero-order chi connectivity index (χ0) is 13.7. The minimum Gasteiger partial charge on any atom is -0.384 e. The molecular weight excluding hydrogens is 249 g/mol. The van der Waals surface area contributed by atoms with E-state index in [1.54, 1.807) is 0 Å². The van der Waals surface area contributed by atoms with Crippen LogP contribution in [-0.4, -0.2) is 27.8 Å². The molecule has 3 N–H and O–H groups in total. The number of anilines is 1. The highest BCUT2D eigenvalue weighted by Crippen LogP contribution is 2.12. The molecule has 0 spiro atoms. The molecule has 0 bridgehead atoms. The van der Waals surface area contributed by atoms with E-state index in [1.165, 1.54) is 24.5 Å². The van der Waals surface area contributed by atoms with Gasteiger partial charge in [0.1, 0.15) is 12.4 Å². The van der Waals surface area contributed by atoms with Gasteiger partial charge in [-0.25, -0.2) is 4.39 Å². The van der Waals surface area contributed by atoms with Crippen LogP contribution in [0, 0.1) is 17.7 Å². The van der Waals surface area contributed by atoms with Crippen molar-refractivity contribution < 1.29 is 14.3 Å². The molecular formula is C13H10FN3O2. The summed E-state index contributed by atoms with van der Waals surface area (Å²) in [4.78, 5) is 11.8. The minimum absolute atomic E-state index is 0.0873. The lowest BCUT2D eigenvalue weighted by molar-refractivity contribution is 0.102. The first-order chi connectivity index (χ1) is 9.20. The lowest BCUT2D eigenvalue weighted by Crippen LogP contribution is -2.13. The zero-order valence-corrected chi connectivity index (χ0v) is 9.77. The van der Waals surface area contributed by atoms with Gasteiger partial charge in [0.25, 0.3) is 5.91 Å². The second-order valence-electron chi connectivity index (χ2n) is 3.60. The van der Waals surface area contributed by atoms with Crippen molar-refractivity contribution in [3.8, 4) is 11.8 Å². The number of aromatic amines is 1. The van der Waals surface area contributed by atoms with Crippen LogP contribution in [0.1, 0.15) is 15.9 Å². The molecule has 0 atom stereocenters. The fourth-order valence-electron chi connectivity index (χ4n) is 1.44. The number of aliphatic hydroxyl groups excluding tert-OH is 1. The molecule has 0 radical (unpaired) electrons. The van der Waals surface area contributed by atoms with Crippen LogP contribution in [0.5, 0.6) is 0 Å². The third kappa shape index (κ3) is 3.18. The van der Waals surface area contributed by atoms with Gasteiger partial charge in [-0.2, -0.15) is 5.10 Å². The molecule has 0 aliphatic rings. The highest BCUT2D eigenvalue weighted by molar-refractivity contribution is 6.04. The van der Waals surface area contributed by atoms with Crippen molar-refractivity contribution in [2.45, 2.75) is 0 Å². The highest BCUT2D eigenvalue weighted by Gasteiger charge is 2.12. The van der Waals surface area contributed by atoms with Crippen LogP contribution in [0.15, 0.2) is 30.6 Å². The number of carbonyl (C=O) groups excluding carboxylic acids is 1. The van der Waals surface area contributed by atoms with Crippen molar-refractivity contribution in [3.63, 3.8) is 0 Å². The van der Waals surface area contributed by atoms with Crippen LogP contribution in [0.2, 0.25) is 0 Å². The molecule has 96 valence electrons. The van der Waals surface area contributed by atoms with E-state index in [-0.39, 0.29) is 12.2 Å². The molecule has 2 rings (SSSR count). The maximum absolute atomic E-state index is 13.7. The van der Waals surface area contributed by atoms with E-state index in [2.05, 4.69) is 27.4 Å². The Hall–Kier alpha value is -2.65. The van der Waals surface area contributed by atoms with Crippen molar-refractivity contribution in [2.24, 2.45) is 0 Å². The Labute approximate surface area is 108 Å². The predicted octanol–water partition coefficient (Wildman–Crippen LogP) is 1.14. The number of nitrogens with one attached hydrogen (secondary N) is 2. The van der Waals surface area contributed by atoms with E-state index in [1.807, 2.05) is 0 Å². The fraction of sp³-hybridized carbons (Fsp3) is 0.0769. The molecule has 19 heavy (non-hydrogen) atoms.